The maximum absolute atomic E-state index is 14.1. The molecule has 1 unspecified atom stereocenters. The Morgan fingerprint density at radius 3 is 1.98 bits per heavy atom. The molecule has 11 heteroatoms. The van der Waals surface area contributed by atoms with Gasteiger partial charge in [0.05, 0.1) is 16.9 Å². The quantitative estimate of drug-likeness (QED) is 0.288. The van der Waals surface area contributed by atoms with Crippen LogP contribution in [0.3, 0.4) is 0 Å². The van der Waals surface area contributed by atoms with Crippen LogP contribution in [0.2, 0.25) is 5.02 Å². The molecule has 2 rings (SSSR count). The first-order valence-electron chi connectivity index (χ1n) is 15.0. The fraction of sp³-hybridized carbons (Fsp3) is 0.500. The van der Waals surface area contributed by atoms with Gasteiger partial charge in [0.15, 0.2) is 0 Å². The average molecular weight is 661 g/mol. The van der Waals surface area contributed by atoms with Crippen LogP contribution in [0.15, 0.2) is 65.2 Å². The zero-order valence-corrected chi connectivity index (χ0v) is 29.9. The summed E-state index contributed by atoms with van der Waals surface area (Å²) in [6.45, 7) is 16.6. The summed E-state index contributed by atoms with van der Waals surface area (Å²) in [7, 11) is -0.784. The number of hydrogen-bond acceptors (Lipinski definition) is 6. The lowest BCUT2D eigenvalue weighted by molar-refractivity contribution is -0.138. The molecule has 0 aliphatic carbocycles. The molecule has 0 aliphatic heterocycles. The van der Waals surface area contributed by atoms with E-state index in [0.717, 1.165) is 11.1 Å². The number of hydrogen-bond donors (Lipinski definition) is 3. The van der Waals surface area contributed by atoms with Gasteiger partial charge in [0.2, 0.25) is 17.7 Å². The minimum atomic E-state index is -4.08. The van der Waals surface area contributed by atoms with Gasteiger partial charge in [-0.3, -0.25) is 14.4 Å². The van der Waals surface area contributed by atoms with Crippen LogP contribution in [0, 0.1) is 24.2 Å². The number of amides is 3. The lowest BCUT2D eigenvalue weighted by Gasteiger charge is -2.39. The first-order chi connectivity index (χ1) is 20.6. The molecule has 0 saturated carbocycles. The number of carbonyl (C=O) groups is 3. The van der Waals surface area contributed by atoms with E-state index in [1.54, 1.807) is 45.3 Å². The Morgan fingerprint density at radius 2 is 1.49 bits per heavy atom. The number of likely N-dealkylation sites (N-methyl/N-ethyl adjacent to an activating group) is 2. The standard InChI is InChI=1S/C34H49ClN4O5S/c1-21(2)27(19-23(4)30(40)38-45(43,44)26-17-15-22(3)16-18-26)39(11)32(42)29(33(5,6)7)37-31(41)28(36-10)34(8,9)24-13-12-14-25(35)20-24/h12-21,23,28-29,36H,1-11H3,(H,37,41)(H,38,40)/b27-19+/t23?,28-,29-/m1/s1. The second-order valence-corrected chi connectivity index (χ2v) is 15.6. The summed E-state index contributed by atoms with van der Waals surface area (Å²) >= 11 is 6.24. The smallest absolute Gasteiger partial charge is 0.264 e. The maximum Gasteiger partial charge on any atom is 0.264 e. The molecule has 0 heterocycles. The number of nitrogens with zero attached hydrogens (tertiary/aromatic N) is 1. The van der Waals surface area contributed by atoms with Crippen LogP contribution < -0.4 is 15.4 Å². The molecule has 3 amide bonds. The molecule has 2 aromatic rings. The van der Waals surface area contributed by atoms with Gasteiger partial charge in [-0.25, -0.2) is 13.1 Å². The minimum Gasteiger partial charge on any atom is -0.342 e. The highest BCUT2D eigenvalue weighted by atomic mass is 35.5. The van der Waals surface area contributed by atoms with Gasteiger partial charge in [0.1, 0.15) is 6.04 Å². The molecule has 0 spiro atoms. The van der Waals surface area contributed by atoms with E-state index >= 15 is 0 Å². The Hall–Kier alpha value is -3.21. The molecule has 0 saturated heterocycles. The third-order valence-electron chi connectivity index (χ3n) is 7.95. The Balaban J connectivity index is 2.34. The number of aryl methyl sites for hydroxylation is 1. The van der Waals surface area contributed by atoms with Crippen molar-refractivity contribution in [3.05, 3.63) is 76.5 Å². The summed E-state index contributed by atoms with van der Waals surface area (Å²) in [5.41, 5.74) is 0.922. The predicted molar refractivity (Wildman–Crippen MR) is 180 cm³/mol. The van der Waals surface area contributed by atoms with Gasteiger partial charge in [-0.05, 0) is 62.1 Å². The van der Waals surface area contributed by atoms with E-state index in [1.165, 1.54) is 17.0 Å². The van der Waals surface area contributed by atoms with Crippen LogP contribution in [0.1, 0.15) is 66.5 Å². The third kappa shape index (κ3) is 9.64. The summed E-state index contributed by atoms with van der Waals surface area (Å²) in [6.07, 6.45) is 1.59. The van der Waals surface area contributed by atoms with Gasteiger partial charge >= 0.3 is 0 Å². The lowest BCUT2D eigenvalue weighted by atomic mass is 9.76. The average Bonchev–Trinajstić information content (AvgIpc) is 2.93. The van der Waals surface area contributed by atoms with Crippen molar-refractivity contribution in [3.63, 3.8) is 0 Å². The second kappa shape index (κ2) is 14.9. The highest BCUT2D eigenvalue weighted by molar-refractivity contribution is 7.90. The largest absolute Gasteiger partial charge is 0.342 e. The van der Waals surface area contributed by atoms with Gasteiger partial charge in [-0.1, -0.05) is 96.0 Å². The minimum absolute atomic E-state index is 0.0174. The summed E-state index contributed by atoms with van der Waals surface area (Å²) in [5, 5.41) is 6.66. The number of nitrogens with one attached hydrogen (secondary N) is 3. The molecule has 0 bridgehead atoms. The predicted octanol–water partition coefficient (Wildman–Crippen LogP) is 5.18. The molecule has 9 nitrogen and oxygen atoms in total. The van der Waals surface area contributed by atoms with Crippen molar-refractivity contribution in [2.24, 2.45) is 17.3 Å². The van der Waals surface area contributed by atoms with E-state index in [-0.39, 0.29) is 22.6 Å². The van der Waals surface area contributed by atoms with Gasteiger partial charge in [-0.15, -0.1) is 0 Å². The highest BCUT2D eigenvalue weighted by Crippen LogP contribution is 2.31. The molecule has 3 N–H and O–H groups in total. The molecule has 2 aromatic carbocycles. The topological polar surface area (TPSA) is 125 Å². The SMILES string of the molecule is CN[C@H](C(=O)N[C@H](C(=O)N(C)/C(=C/C(C)C(=O)NS(=O)(=O)c1ccc(C)cc1)C(C)C)C(C)(C)C)C(C)(C)c1cccc(Cl)c1. The molecule has 0 radical (unpaired) electrons. The van der Waals surface area contributed by atoms with E-state index in [4.69, 9.17) is 11.6 Å². The van der Waals surface area contributed by atoms with Crippen LogP contribution in [0.4, 0.5) is 0 Å². The Bertz CT molecular complexity index is 1510. The van der Waals surface area contributed by atoms with E-state index in [2.05, 4.69) is 15.4 Å². The van der Waals surface area contributed by atoms with Crippen molar-refractivity contribution in [1.82, 2.24) is 20.3 Å². The number of benzene rings is 2. The first-order valence-corrected chi connectivity index (χ1v) is 16.9. The number of sulfonamides is 1. The Kier molecular flexibility index (Phi) is 12.6. The van der Waals surface area contributed by atoms with Gasteiger partial charge in [-0.2, -0.15) is 0 Å². The molecule has 3 atom stereocenters. The summed E-state index contributed by atoms with van der Waals surface area (Å²) in [4.78, 5) is 42.3. The normalized spacial score (nSPS) is 14.8. The maximum atomic E-state index is 14.1. The number of carbonyl (C=O) groups excluding carboxylic acids is 3. The van der Waals surface area contributed by atoms with Crippen LogP contribution >= 0.6 is 11.6 Å². The fourth-order valence-electron chi connectivity index (χ4n) is 5.10. The molecule has 248 valence electrons. The van der Waals surface area contributed by atoms with Crippen molar-refractivity contribution >= 4 is 39.3 Å². The highest BCUT2D eigenvalue weighted by Gasteiger charge is 2.41. The Labute approximate surface area is 274 Å². The monoisotopic (exact) mass is 660 g/mol. The van der Waals surface area contributed by atoms with Crippen LogP contribution in [-0.4, -0.2) is 57.2 Å². The fourth-order valence-corrected chi connectivity index (χ4v) is 6.35. The van der Waals surface area contributed by atoms with Gasteiger partial charge in [0, 0.05) is 23.2 Å². The molecule has 0 aromatic heterocycles. The summed E-state index contributed by atoms with van der Waals surface area (Å²) in [5.74, 6) is -2.53. The molecule has 0 fully saturated rings. The van der Waals surface area contributed by atoms with Crippen molar-refractivity contribution in [2.45, 2.75) is 84.7 Å². The van der Waals surface area contributed by atoms with Crippen molar-refractivity contribution in [3.8, 4) is 0 Å². The van der Waals surface area contributed by atoms with Crippen LogP contribution in [0.5, 0.6) is 0 Å². The van der Waals surface area contributed by atoms with E-state index in [9.17, 15) is 22.8 Å². The zero-order chi connectivity index (χ0) is 34.5. The number of halogens is 1. The van der Waals surface area contributed by atoms with E-state index in [0.29, 0.717) is 10.7 Å². The van der Waals surface area contributed by atoms with Gasteiger partial charge in [0.25, 0.3) is 10.0 Å². The van der Waals surface area contributed by atoms with E-state index in [1.807, 2.05) is 73.6 Å². The molecule has 45 heavy (non-hydrogen) atoms. The second-order valence-electron chi connectivity index (χ2n) is 13.5. The van der Waals surface area contributed by atoms with Crippen molar-refractivity contribution < 1.29 is 22.8 Å². The molecular weight excluding hydrogens is 612 g/mol. The van der Waals surface area contributed by atoms with Crippen LogP contribution in [-0.2, 0) is 29.8 Å². The van der Waals surface area contributed by atoms with Gasteiger partial charge < -0.3 is 15.5 Å². The van der Waals surface area contributed by atoms with Crippen LogP contribution in [0.25, 0.3) is 0 Å². The zero-order valence-electron chi connectivity index (χ0n) is 28.3. The third-order valence-corrected chi connectivity index (χ3v) is 9.55. The first kappa shape index (κ1) is 38.0. The number of allylic oxidation sites excluding steroid dienone is 1. The molecule has 0 aliphatic rings. The Morgan fingerprint density at radius 1 is 0.911 bits per heavy atom. The summed E-state index contributed by atoms with van der Waals surface area (Å²) < 4.78 is 27.8. The van der Waals surface area contributed by atoms with Crippen molar-refractivity contribution in [2.75, 3.05) is 14.1 Å². The lowest BCUT2D eigenvalue weighted by Crippen LogP contribution is -2.60. The van der Waals surface area contributed by atoms with Crippen molar-refractivity contribution in [1.29, 1.82) is 0 Å². The number of rotatable bonds is 12. The summed E-state index contributed by atoms with van der Waals surface area (Å²) in [6, 6.07) is 11.9. The molecular formula is C34H49ClN4O5S. The van der Waals surface area contributed by atoms with E-state index < -0.39 is 44.8 Å².